The van der Waals surface area contributed by atoms with Gasteiger partial charge in [-0.1, -0.05) is 32.8 Å². The Morgan fingerprint density at radius 2 is 1.90 bits per heavy atom. The number of carbonyl (C=O) groups is 1. The minimum atomic E-state index is -0.974. The van der Waals surface area contributed by atoms with E-state index in [1.165, 1.54) is 7.11 Å². The van der Waals surface area contributed by atoms with Gasteiger partial charge in [-0.05, 0) is 30.4 Å². The van der Waals surface area contributed by atoms with Gasteiger partial charge < -0.3 is 14.9 Å². The molecule has 0 amide bonds. The highest BCUT2D eigenvalue weighted by molar-refractivity contribution is 5.84. The predicted octanol–water partition coefficient (Wildman–Crippen LogP) is 3.42. The van der Waals surface area contributed by atoms with E-state index in [1.54, 1.807) is 6.07 Å². The maximum absolute atomic E-state index is 11.9. The molecule has 110 valence electrons. The van der Waals surface area contributed by atoms with E-state index in [9.17, 15) is 15.0 Å². The van der Waals surface area contributed by atoms with E-state index in [2.05, 4.69) is 0 Å². The van der Waals surface area contributed by atoms with Gasteiger partial charge in [0.2, 0.25) is 0 Å². The van der Waals surface area contributed by atoms with Crippen molar-refractivity contribution in [2.75, 3.05) is 7.11 Å². The molecule has 4 heteroatoms. The first-order valence-electron chi connectivity index (χ1n) is 7.07. The van der Waals surface area contributed by atoms with Gasteiger partial charge in [-0.25, -0.2) is 0 Å². The van der Waals surface area contributed by atoms with Crippen molar-refractivity contribution in [1.29, 1.82) is 0 Å². The third kappa shape index (κ3) is 2.13. The number of aliphatic carboxylic acids is 1. The first kappa shape index (κ1) is 14.7. The quantitative estimate of drug-likeness (QED) is 0.885. The molecule has 0 heterocycles. The molecule has 1 saturated carbocycles. The monoisotopic (exact) mass is 278 g/mol. The Balaban J connectivity index is 2.72. The van der Waals surface area contributed by atoms with Crippen LogP contribution in [-0.4, -0.2) is 23.3 Å². The van der Waals surface area contributed by atoms with Gasteiger partial charge >= 0.3 is 5.97 Å². The van der Waals surface area contributed by atoms with Crippen LogP contribution in [0.3, 0.4) is 0 Å². The summed E-state index contributed by atoms with van der Waals surface area (Å²) in [6.07, 6.45) is 2.90. The molecule has 0 spiro atoms. The molecule has 2 N–H and O–H groups in total. The summed E-state index contributed by atoms with van der Waals surface area (Å²) in [6, 6.07) is 3.58. The number of carboxylic acids is 1. The van der Waals surface area contributed by atoms with Crippen molar-refractivity contribution in [3.05, 3.63) is 23.3 Å². The van der Waals surface area contributed by atoms with Crippen LogP contribution in [-0.2, 0) is 10.2 Å². The zero-order valence-electron chi connectivity index (χ0n) is 12.3. The largest absolute Gasteiger partial charge is 0.504 e. The number of rotatable bonds is 4. The van der Waals surface area contributed by atoms with Crippen molar-refractivity contribution in [3.8, 4) is 11.5 Å². The lowest BCUT2D eigenvalue weighted by Gasteiger charge is -2.29. The molecule has 0 radical (unpaired) electrons. The number of methoxy groups -OCH3 is 1. The Morgan fingerprint density at radius 1 is 1.30 bits per heavy atom. The van der Waals surface area contributed by atoms with Crippen LogP contribution in [0.1, 0.15) is 56.6 Å². The molecule has 1 aromatic carbocycles. The van der Waals surface area contributed by atoms with Gasteiger partial charge in [0.1, 0.15) is 0 Å². The molecule has 0 aromatic heterocycles. The van der Waals surface area contributed by atoms with Gasteiger partial charge in [-0.15, -0.1) is 0 Å². The number of aromatic hydroxyl groups is 1. The Morgan fingerprint density at radius 3 is 2.35 bits per heavy atom. The Bertz CT molecular complexity index is 513. The van der Waals surface area contributed by atoms with Crippen LogP contribution >= 0.6 is 0 Å². The van der Waals surface area contributed by atoms with Gasteiger partial charge in [0, 0.05) is 5.56 Å². The molecule has 1 aliphatic rings. The average molecular weight is 278 g/mol. The summed E-state index contributed by atoms with van der Waals surface area (Å²) in [7, 11) is 1.48. The van der Waals surface area contributed by atoms with Gasteiger partial charge in [-0.2, -0.15) is 0 Å². The lowest BCUT2D eigenvalue weighted by atomic mass is 9.74. The minimum Gasteiger partial charge on any atom is -0.504 e. The maximum Gasteiger partial charge on any atom is 0.314 e. The molecule has 1 aliphatic carbocycles. The molecule has 0 saturated heterocycles. The molecular weight excluding hydrogens is 256 g/mol. The van der Waals surface area contributed by atoms with E-state index >= 15 is 0 Å². The first-order valence-corrected chi connectivity index (χ1v) is 7.07. The molecule has 20 heavy (non-hydrogen) atoms. The highest BCUT2D eigenvalue weighted by atomic mass is 16.5. The van der Waals surface area contributed by atoms with E-state index < -0.39 is 11.4 Å². The molecule has 1 aromatic rings. The van der Waals surface area contributed by atoms with Gasteiger partial charge in [-0.3, -0.25) is 4.79 Å². The maximum atomic E-state index is 11.9. The van der Waals surface area contributed by atoms with Crippen molar-refractivity contribution in [2.45, 2.75) is 50.9 Å². The lowest BCUT2D eigenvalue weighted by Crippen LogP contribution is -2.34. The van der Waals surface area contributed by atoms with Crippen molar-refractivity contribution in [3.63, 3.8) is 0 Å². The van der Waals surface area contributed by atoms with Gasteiger partial charge in [0.15, 0.2) is 11.5 Å². The molecule has 0 atom stereocenters. The van der Waals surface area contributed by atoms with Crippen LogP contribution in [0.5, 0.6) is 11.5 Å². The zero-order valence-corrected chi connectivity index (χ0v) is 12.3. The van der Waals surface area contributed by atoms with Crippen molar-refractivity contribution < 1.29 is 19.7 Å². The number of ether oxygens (including phenoxy) is 1. The smallest absolute Gasteiger partial charge is 0.314 e. The summed E-state index contributed by atoms with van der Waals surface area (Å²) in [4.78, 5) is 11.9. The van der Waals surface area contributed by atoms with E-state index in [-0.39, 0.29) is 11.7 Å². The van der Waals surface area contributed by atoms with E-state index in [1.807, 2.05) is 19.9 Å². The molecule has 0 aliphatic heterocycles. The second-order valence-corrected chi connectivity index (χ2v) is 5.83. The fourth-order valence-electron chi connectivity index (χ4n) is 3.29. The van der Waals surface area contributed by atoms with Crippen LogP contribution in [0.2, 0.25) is 0 Å². The van der Waals surface area contributed by atoms with Crippen LogP contribution in [0.4, 0.5) is 0 Å². The van der Waals surface area contributed by atoms with Crippen LogP contribution in [0.15, 0.2) is 12.1 Å². The third-order valence-electron chi connectivity index (χ3n) is 4.36. The highest BCUT2D eigenvalue weighted by Gasteiger charge is 2.46. The summed E-state index contributed by atoms with van der Waals surface area (Å²) >= 11 is 0. The predicted molar refractivity (Wildman–Crippen MR) is 76.5 cm³/mol. The van der Waals surface area contributed by atoms with Gasteiger partial charge in [0.25, 0.3) is 0 Å². The topological polar surface area (TPSA) is 66.8 Å². The van der Waals surface area contributed by atoms with Crippen LogP contribution < -0.4 is 4.74 Å². The molecule has 2 rings (SSSR count). The first-order chi connectivity index (χ1) is 9.44. The van der Waals surface area contributed by atoms with E-state index in [0.29, 0.717) is 24.2 Å². The van der Waals surface area contributed by atoms with Crippen molar-refractivity contribution in [1.82, 2.24) is 0 Å². The fraction of sp³-hybridized carbons (Fsp3) is 0.562. The second kappa shape index (κ2) is 5.35. The summed E-state index contributed by atoms with van der Waals surface area (Å²) in [5.74, 6) is -0.362. The van der Waals surface area contributed by atoms with E-state index in [4.69, 9.17) is 4.74 Å². The number of hydrogen-bond acceptors (Lipinski definition) is 3. The highest BCUT2D eigenvalue weighted by Crippen LogP contribution is 2.50. The Kier molecular flexibility index (Phi) is 3.93. The van der Waals surface area contributed by atoms with Crippen molar-refractivity contribution >= 4 is 5.97 Å². The normalized spacial score (nSPS) is 17.4. The Hall–Kier alpha value is -1.71. The molecule has 4 nitrogen and oxygen atoms in total. The summed E-state index contributed by atoms with van der Waals surface area (Å²) in [5, 5.41) is 20.3. The van der Waals surface area contributed by atoms with Gasteiger partial charge in [0.05, 0.1) is 12.5 Å². The standard InChI is InChI=1S/C16H22O4/c1-10(2)11-6-7-12(20-3)14(17)13(11)16(15(18)19)8-4-5-9-16/h6-7,10,17H,4-5,8-9H2,1-3H3,(H,18,19). The number of phenolic OH excluding ortho intramolecular Hbond substituents is 1. The average Bonchev–Trinajstić information content (AvgIpc) is 2.88. The summed E-state index contributed by atoms with van der Waals surface area (Å²) in [5.41, 5.74) is 0.475. The number of carboxylic acid groups (broad SMARTS) is 1. The number of benzene rings is 1. The minimum absolute atomic E-state index is 0.0111. The third-order valence-corrected chi connectivity index (χ3v) is 4.36. The molecule has 0 unspecified atom stereocenters. The van der Waals surface area contributed by atoms with Crippen molar-refractivity contribution in [2.24, 2.45) is 0 Å². The van der Waals surface area contributed by atoms with Crippen LogP contribution in [0.25, 0.3) is 0 Å². The molecule has 1 fully saturated rings. The molecular formula is C16H22O4. The number of hydrogen-bond donors (Lipinski definition) is 2. The second-order valence-electron chi connectivity index (χ2n) is 5.83. The fourth-order valence-corrected chi connectivity index (χ4v) is 3.29. The summed E-state index contributed by atoms with van der Waals surface area (Å²) in [6.45, 7) is 4.02. The lowest BCUT2D eigenvalue weighted by molar-refractivity contribution is -0.143. The number of phenols is 1. The van der Waals surface area contributed by atoms with E-state index in [0.717, 1.165) is 18.4 Å². The summed E-state index contributed by atoms with van der Waals surface area (Å²) < 4.78 is 5.16. The Labute approximate surface area is 119 Å². The molecule has 0 bridgehead atoms. The zero-order chi connectivity index (χ0) is 14.9. The van der Waals surface area contributed by atoms with Crippen LogP contribution in [0, 0.1) is 0 Å². The SMILES string of the molecule is COc1ccc(C(C)C)c(C2(C(=O)O)CCCC2)c1O.